The first-order chi connectivity index (χ1) is 11.1. The Morgan fingerprint density at radius 1 is 1.30 bits per heavy atom. The molecule has 0 spiro atoms. The van der Waals surface area contributed by atoms with E-state index in [9.17, 15) is 0 Å². The molecule has 0 aliphatic rings. The van der Waals surface area contributed by atoms with Gasteiger partial charge in [-0.25, -0.2) is 9.97 Å². The predicted octanol–water partition coefficient (Wildman–Crippen LogP) is 3.79. The van der Waals surface area contributed by atoms with Crippen LogP contribution in [0, 0.1) is 0 Å². The third kappa shape index (κ3) is 2.06. The van der Waals surface area contributed by atoms with E-state index in [-0.39, 0.29) is 6.04 Å². The molecule has 0 saturated carbocycles. The molecule has 0 radical (unpaired) electrons. The molecule has 6 nitrogen and oxygen atoms in total. The summed E-state index contributed by atoms with van der Waals surface area (Å²) >= 11 is 6.36. The Morgan fingerprint density at radius 2 is 2.13 bits per heavy atom. The van der Waals surface area contributed by atoms with Crippen LogP contribution in [-0.4, -0.2) is 24.7 Å². The van der Waals surface area contributed by atoms with Crippen molar-refractivity contribution in [3.8, 4) is 11.4 Å². The number of rotatable bonds is 2. The van der Waals surface area contributed by atoms with E-state index in [1.54, 1.807) is 12.4 Å². The topological polar surface area (TPSA) is 85.4 Å². The molecule has 116 valence electrons. The van der Waals surface area contributed by atoms with E-state index in [4.69, 9.17) is 22.4 Å². The van der Waals surface area contributed by atoms with Gasteiger partial charge in [-0.2, -0.15) is 5.10 Å². The molecule has 7 heteroatoms. The molecule has 0 amide bonds. The van der Waals surface area contributed by atoms with Gasteiger partial charge in [-0.15, -0.1) is 0 Å². The number of hydrogen-bond acceptors (Lipinski definition) is 4. The largest absolute Gasteiger partial charge is 0.383 e. The van der Waals surface area contributed by atoms with Crippen LogP contribution < -0.4 is 5.73 Å². The Balaban J connectivity index is 2.09. The number of nitrogens with zero attached hydrogens (tertiary/aromatic N) is 4. The van der Waals surface area contributed by atoms with Gasteiger partial charge >= 0.3 is 0 Å². The molecule has 0 fully saturated rings. The maximum atomic E-state index is 6.36. The van der Waals surface area contributed by atoms with Crippen molar-refractivity contribution in [1.82, 2.24) is 24.7 Å². The zero-order valence-corrected chi connectivity index (χ0v) is 13.5. The molecule has 4 rings (SSSR count). The molecule has 23 heavy (non-hydrogen) atoms. The van der Waals surface area contributed by atoms with E-state index >= 15 is 0 Å². The van der Waals surface area contributed by atoms with E-state index in [2.05, 4.69) is 28.8 Å². The molecule has 0 aliphatic carbocycles. The third-order valence-corrected chi connectivity index (χ3v) is 4.12. The maximum Gasteiger partial charge on any atom is 0.137 e. The van der Waals surface area contributed by atoms with Gasteiger partial charge in [-0.3, -0.25) is 4.68 Å². The van der Waals surface area contributed by atoms with E-state index in [1.807, 2.05) is 22.9 Å². The Kier molecular flexibility index (Phi) is 3.02. The monoisotopic (exact) mass is 326 g/mol. The van der Waals surface area contributed by atoms with Crippen LogP contribution in [0.2, 0.25) is 5.02 Å². The first-order valence-electron chi connectivity index (χ1n) is 7.32. The number of fused-ring (bicyclic) bond motifs is 2. The Morgan fingerprint density at radius 3 is 2.87 bits per heavy atom. The van der Waals surface area contributed by atoms with Gasteiger partial charge in [0.2, 0.25) is 0 Å². The summed E-state index contributed by atoms with van der Waals surface area (Å²) in [4.78, 5) is 11.8. The minimum absolute atomic E-state index is 0.146. The summed E-state index contributed by atoms with van der Waals surface area (Å²) in [6.45, 7) is 4.10. The second-order valence-electron chi connectivity index (χ2n) is 5.73. The lowest BCUT2D eigenvalue weighted by atomic mass is 10.2. The van der Waals surface area contributed by atoms with Crippen molar-refractivity contribution in [2.75, 3.05) is 5.73 Å². The number of H-pyrrole nitrogens is 1. The SMILES string of the molecule is CC(C)n1nc(-c2cc3cccnc3[nH]2)c2c(N)ncc(Cl)c21. The molecule has 4 aromatic rings. The van der Waals surface area contributed by atoms with Gasteiger partial charge in [-0.1, -0.05) is 11.6 Å². The average Bonchev–Trinajstić information content (AvgIpc) is 3.12. The van der Waals surface area contributed by atoms with Crippen LogP contribution in [0.4, 0.5) is 5.82 Å². The van der Waals surface area contributed by atoms with Crippen molar-refractivity contribution in [3.63, 3.8) is 0 Å². The lowest BCUT2D eigenvalue weighted by Crippen LogP contribution is -2.03. The zero-order chi connectivity index (χ0) is 16.1. The Labute approximate surface area is 137 Å². The summed E-state index contributed by atoms with van der Waals surface area (Å²) in [5.74, 6) is 0.415. The highest BCUT2D eigenvalue weighted by Crippen LogP contribution is 2.36. The van der Waals surface area contributed by atoms with E-state index in [1.165, 1.54) is 0 Å². The van der Waals surface area contributed by atoms with Crippen molar-refractivity contribution in [3.05, 3.63) is 35.6 Å². The van der Waals surface area contributed by atoms with E-state index in [0.29, 0.717) is 10.8 Å². The van der Waals surface area contributed by atoms with Crippen molar-refractivity contribution in [1.29, 1.82) is 0 Å². The number of nitrogens with one attached hydrogen (secondary N) is 1. The van der Waals surface area contributed by atoms with Crippen molar-refractivity contribution >= 4 is 39.4 Å². The highest BCUT2D eigenvalue weighted by molar-refractivity contribution is 6.35. The number of nitrogens with two attached hydrogens (primary N) is 1. The second kappa shape index (κ2) is 4.96. The maximum absolute atomic E-state index is 6.36. The molecule has 0 saturated heterocycles. The zero-order valence-electron chi connectivity index (χ0n) is 12.7. The second-order valence-corrected chi connectivity index (χ2v) is 6.13. The van der Waals surface area contributed by atoms with Crippen LogP contribution in [0.15, 0.2) is 30.6 Å². The van der Waals surface area contributed by atoms with Gasteiger partial charge in [-0.05, 0) is 32.0 Å². The van der Waals surface area contributed by atoms with Crippen molar-refractivity contribution in [2.45, 2.75) is 19.9 Å². The van der Waals surface area contributed by atoms with E-state index in [0.717, 1.165) is 33.3 Å². The van der Waals surface area contributed by atoms with Crippen LogP contribution in [0.1, 0.15) is 19.9 Å². The smallest absolute Gasteiger partial charge is 0.137 e. The minimum Gasteiger partial charge on any atom is -0.383 e. The number of halogens is 1. The molecule has 3 N–H and O–H groups in total. The molecule has 0 aromatic carbocycles. The van der Waals surface area contributed by atoms with Gasteiger partial charge in [0.05, 0.1) is 27.8 Å². The number of aromatic amines is 1. The highest BCUT2D eigenvalue weighted by atomic mass is 35.5. The van der Waals surface area contributed by atoms with Gasteiger partial charge in [0, 0.05) is 17.6 Å². The molecular formula is C16H15ClN6. The predicted molar refractivity (Wildman–Crippen MR) is 92.4 cm³/mol. The summed E-state index contributed by atoms with van der Waals surface area (Å²) in [7, 11) is 0. The van der Waals surface area contributed by atoms with Crippen LogP contribution in [0.3, 0.4) is 0 Å². The fourth-order valence-corrected chi connectivity index (χ4v) is 3.04. The van der Waals surface area contributed by atoms with Gasteiger partial charge in [0.1, 0.15) is 17.2 Å². The quantitative estimate of drug-likeness (QED) is 0.587. The highest BCUT2D eigenvalue weighted by Gasteiger charge is 2.21. The average molecular weight is 327 g/mol. The van der Waals surface area contributed by atoms with Gasteiger partial charge in [0.25, 0.3) is 0 Å². The normalized spacial score (nSPS) is 11.8. The Bertz CT molecular complexity index is 997. The molecule has 0 bridgehead atoms. The first-order valence-corrected chi connectivity index (χ1v) is 7.70. The lowest BCUT2D eigenvalue weighted by molar-refractivity contribution is 0.552. The summed E-state index contributed by atoms with van der Waals surface area (Å²) in [6.07, 6.45) is 3.32. The van der Waals surface area contributed by atoms with Crippen LogP contribution >= 0.6 is 11.6 Å². The summed E-state index contributed by atoms with van der Waals surface area (Å²) in [6, 6.07) is 6.05. The van der Waals surface area contributed by atoms with Gasteiger partial charge < -0.3 is 10.7 Å². The van der Waals surface area contributed by atoms with Crippen molar-refractivity contribution < 1.29 is 0 Å². The van der Waals surface area contributed by atoms with Crippen LogP contribution in [-0.2, 0) is 0 Å². The molecule has 4 aromatic heterocycles. The summed E-state index contributed by atoms with van der Waals surface area (Å²) in [5.41, 5.74) is 9.31. The number of nitrogen functional groups attached to an aromatic ring is 1. The number of hydrogen-bond donors (Lipinski definition) is 2. The standard InChI is InChI=1S/C16H15ClN6/c1-8(2)23-14-10(17)7-20-15(18)12(14)13(22-23)11-6-9-4-3-5-19-16(9)21-11/h3-8H,1-2H3,(H2,18,20)(H,19,21). The molecule has 0 unspecified atom stereocenters. The molecule has 0 atom stereocenters. The molecule has 0 aliphatic heterocycles. The molecule has 4 heterocycles. The molecular weight excluding hydrogens is 312 g/mol. The third-order valence-electron chi connectivity index (χ3n) is 3.85. The summed E-state index contributed by atoms with van der Waals surface area (Å²) in [5, 5.41) is 7.05. The van der Waals surface area contributed by atoms with E-state index < -0.39 is 0 Å². The number of aromatic nitrogens is 5. The Hall–Kier alpha value is -2.60. The number of pyridine rings is 2. The minimum atomic E-state index is 0.146. The van der Waals surface area contributed by atoms with Crippen LogP contribution in [0.25, 0.3) is 33.3 Å². The fraction of sp³-hybridized carbons (Fsp3) is 0.188. The van der Waals surface area contributed by atoms with Gasteiger partial charge in [0.15, 0.2) is 0 Å². The summed E-state index contributed by atoms with van der Waals surface area (Å²) < 4.78 is 1.88. The first kappa shape index (κ1) is 14.0. The fourth-order valence-electron chi connectivity index (χ4n) is 2.81. The van der Waals surface area contributed by atoms with Crippen molar-refractivity contribution in [2.24, 2.45) is 0 Å². The van der Waals surface area contributed by atoms with Crippen LogP contribution in [0.5, 0.6) is 0 Å². The lowest BCUT2D eigenvalue weighted by Gasteiger charge is -2.07. The number of anilines is 1.